The molecule has 0 amide bonds. The van der Waals surface area contributed by atoms with Gasteiger partial charge in [-0.15, -0.1) is 0 Å². The fraction of sp³-hybridized carbons (Fsp3) is 0.130. The number of H-pyrrole nitrogens is 1. The largest absolute Gasteiger partial charge is 0.481 e. The van der Waals surface area contributed by atoms with Gasteiger partial charge in [0.05, 0.1) is 6.42 Å². The van der Waals surface area contributed by atoms with Crippen molar-refractivity contribution >= 4 is 17.0 Å². The molecule has 2 heterocycles. The fourth-order valence-electron chi connectivity index (χ4n) is 3.43. The van der Waals surface area contributed by atoms with Gasteiger partial charge in [-0.3, -0.25) is 4.79 Å². The monoisotopic (exact) mass is 356 g/mol. The maximum atomic E-state index is 10.9. The highest BCUT2D eigenvalue weighted by Crippen LogP contribution is 2.32. The van der Waals surface area contributed by atoms with Gasteiger partial charge in [0, 0.05) is 28.9 Å². The Hall–Kier alpha value is -3.40. The minimum absolute atomic E-state index is 0.0342. The Morgan fingerprint density at radius 1 is 1.04 bits per heavy atom. The van der Waals surface area contributed by atoms with Gasteiger partial charge >= 0.3 is 5.97 Å². The minimum atomic E-state index is -0.822. The highest BCUT2D eigenvalue weighted by Gasteiger charge is 2.11. The number of aromatic nitrogens is 2. The molecular formula is C23H20N2O2. The first-order valence-electron chi connectivity index (χ1n) is 8.88. The number of carbonyl (C=O) groups is 1. The van der Waals surface area contributed by atoms with Crippen molar-refractivity contribution in [3.05, 3.63) is 77.6 Å². The van der Waals surface area contributed by atoms with E-state index in [1.54, 1.807) is 0 Å². The number of hydrogen-bond acceptors (Lipinski definition) is 2. The third-order valence-corrected chi connectivity index (χ3v) is 5.07. The Morgan fingerprint density at radius 3 is 2.56 bits per heavy atom. The van der Waals surface area contributed by atoms with Crippen molar-refractivity contribution in [2.75, 3.05) is 0 Å². The second-order valence-electron chi connectivity index (χ2n) is 6.84. The number of nitrogens with zero attached hydrogens (tertiary/aromatic N) is 1. The summed E-state index contributed by atoms with van der Waals surface area (Å²) in [5, 5.41) is 9.98. The van der Waals surface area contributed by atoms with Gasteiger partial charge in [0.2, 0.25) is 0 Å². The summed E-state index contributed by atoms with van der Waals surface area (Å²) in [6, 6.07) is 16.1. The summed E-state index contributed by atoms with van der Waals surface area (Å²) in [4.78, 5) is 18.7. The molecule has 0 saturated heterocycles. The van der Waals surface area contributed by atoms with Crippen molar-refractivity contribution in [2.45, 2.75) is 20.3 Å². The molecule has 0 atom stereocenters. The van der Waals surface area contributed by atoms with E-state index in [9.17, 15) is 4.79 Å². The molecule has 0 aliphatic carbocycles. The molecule has 0 saturated carbocycles. The van der Waals surface area contributed by atoms with Gasteiger partial charge in [-0.1, -0.05) is 42.5 Å². The summed E-state index contributed by atoms with van der Waals surface area (Å²) in [7, 11) is 0. The summed E-state index contributed by atoms with van der Waals surface area (Å²) in [5.41, 5.74) is 8.53. The predicted octanol–water partition coefficient (Wildman–Crippen LogP) is 5.14. The van der Waals surface area contributed by atoms with Crippen LogP contribution in [0.1, 0.15) is 16.7 Å². The molecule has 2 aromatic carbocycles. The molecule has 4 heteroatoms. The Labute approximate surface area is 157 Å². The maximum Gasteiger partial charge on any atom is 0.307 e. The first kappa shape index (κ1) is 17.0. The van der Waals surface area contributed by atoms with Crippen LogP contribution >= 0.6 is 0 Å². The van der Waals surface area contributed by atoms with Crippen molar-refractivity contribution in [3.8, 4) is 22.3 Å². The van der Waals surface area contributed by atoms with Gasteiger partial charge in [0.25, 0.3) is 0 Å². The van der Waals surface area contributed by atoms with Gasteiger partial charge in [-0.25, -0.2) is 4.98 Å². The van der Waals surface area contributed by atoms with Crippen molar-refractivity contribution in [1.29, 1.82) is 0 Å². The highest BCUT2D eigenvalue weighted by molar-refractivity contribution is 5.96. The topological polar surface area (TPSA) is 66.0 Å². The van der Waals surface area contributed by atoms with Crippen LogP contribution in [-0.4, -0.2) is 21.0 Å². The summed E-state index contributed by atoms with van der Waals surface area (Å²) in [5.74, 6) is -0.822. The molecule has 0 fully saturated rings. The number of pyridine rings is 1. The second kappa shape index (κ2) is 6.72. The van der Waals surface area contributed by atoms with E-state index >= 15 is 0 Å². The first-order chi connectivity index (χ1) is 13.0. The quantitative estimate of drug-likeness (QED) is 0.532. The van der Waals surface area contributed by atoms with Crippen LogP contribution in [0.2, 0.25) is 0 Å². The first-order valence-corrected chi connectivity index (χ1v) is 8.88. The zero-order valence-electron chi connectivity index (χ0n) is 15.3. The van der Waals surface area contributed by atoms with Gasteiger partial charge in [-0.05, 0) is 47.7 Å². The molecule has 0 aliphatic heterocycles. The van der Waals surface area contributed by atoms with E-state index in [1.807, 2.05) is 36.7 Å². The summed E-state index contributed by atoms with van der Waals surface area (Å²) in [6.07, 6.45) is 3.89. The molecule has 4 rings (SSSR count). The lowest BCUT2D eigenvalue weighted by Crippen LogP contribution is -1.99. The number of carboxylic acids is 1. The minimum Gasteiger partial charge on any atom is -0.481 e. The Balaban J connectivity index is 1.79. The lowest BCUT2D eigenvalue weighted by molar-refractivity contribution is -0.136. The third kappa shape index (κ3) is 3.22. The fourth-order valence-corrected chi connectivity index (χ4v) is 3.43. The molecule has 2 N–H and O–H groups in total. The zero-order valence-corrected chi connectivity index (χ0v) is 15.3. The van der Waals surface area contributed by atoms with Crippen molar-refractivity contribution in [3.63, 3.8) is 0 Å². The molecule has 134 valence electrons. The van der Waals surface area contributed by atoms with Crippen LogP contribution in [0.15, 0.2) is 60.9 Å². The van der Waals surface area contributed by atoms with Crippen LogP contribution in [0.5, 0.6) is 0 Å². The lowest BCUT2D eigenvalue weighted by atomic mass is 9.96. The lowest BCUT2D eigenvalue weighted by Gasteiger charge is -2.09. The van der Waals surface area contributed by atoms with Crippen LogP contribution in [0.4, 0.5) is 0 Å². The van der Waals surface area contributed by atoms with E-state index < -0.39 is 5.97 Å². The number of fused-ring (bicyclic) bond motifs is 1. The smallest absolute Gasteiger partial charge is 0.307 e. The molecule has 0 spiro atoms. The SMILES string of the molecule is Cc1cccc(-c2cnc3[nH]cc(-c4ccc(CC(=O)O)cc4)c3c2)c1C. The van der Waals surface area contributed by atoms with E-state index in [0.29, 0.717) is 0 Å². The molecule has 4 aromatic rings. The molecule has 0 aliphatic rings. The van der Waals surface area contributed by atoms with Crippen LogP contribution in [-0.2, 0) is 11.2 Å². The zero-order chi connectivity index (χ0) is 19.0. The highest BCUT2D eigenvalue weighted by atomic mass is 16.4. The van der Waals surface area contributed by atoms with Crippen LogP contribution in [0, 0.1) is 13.8 Å². The molecule has 0 bridgehead atoms. The van der Waals surface area contributed by atoms with Crippen LogP contribution < -0.4 is 0 Å². The number of nitrogens with one attached hydrogen (secondary N) is 1. The molecule has 0 unspecified atom stereocenters. The predicted molar refractivity (Wildman–Crippen MR) is 108 cm³/mol. The number of rotatable bonds is 4. The van der Waals surface area contributed by atoms with E-state index in [1.165, 1.54) is 16.7 Å². The second-order valence-corrected chi connectivity index (χ2v) is 6.84. The molecular weight excluding hydrogens is 336 g/mol. The van der Waals surface area contributed by atoms with Crippen LogP contribution in [0.3, 0.4) is 0 Å². The van der Waals surface area contributed by atoms with Gasteiger partial charge in [-0.2, -0.15) is 0 Å². The van der Waals surface area contributed by atoms with Gasteiger partial charge < -0.3 is 10.1 Å². The van der Waals surface area contributed by atoms with E-state index in [4.69, 9.17) is 5.11 Å². The molecule has 2 aromatic heterocycles. The van der Waals surface area contributed by atoms with Gasteiger partial charge in [0.1, 0.15) is 5.65 Å². The number of aryl methyl sites for hydroxylation is 1. The number of benzene rings is 2. The average Bonchev–Trinajstić information content (AvgIpc) is 3.07. The van der Waals surface area contributed by atoms with E-state index in [2.05, 4.69) is 48.1 Å². The summed E-state index contributed by atoms with van der Waals surface area (Å²) < 4.78 is 0. The van der Waals surface area contributed by atoms with Crippen LogP contribution in [0.25, 0.3) is 33.3 Å². The number of aromatic amines is 1. The maximum absolute atomic E-state index is 10.9. The molecule has 4 nitrogen and oxygen atoms in total. The molecule has 27 heavy (non-hydrogen) atoms. The Morgan fingerprint density at radius 2 is 1.81 bits per heavy atom. The van der Waals surface area contributed by atoms with Crippen molar-refractivity contribution in [2.24, 2.45) is 0 Å². The Kier molecular flexibility index (Phi) is 4.24. The average molecular weight is 356 g/mol. The molecule has 0 radical (unpaired) electrons. The van der Waals surface area contributed by atoms with Gasteiger partial charge in [0.15, 0.2) is 0 Å². The van der Waals surface area contributed by atoms with E-state index in [0.717, 1.165) is 33.3 Å². The third-order valence-electron chi connectivity index (χ3n) is 5.07. The number of hydrogen-bond donors (Lipinski definition) is 2. The number of carboxylic acid groups (broad SMARTS) is 1. The Bertz CT molecular complexity index is 1140. The number of aliphatic carboxylic acids is 1. The van der Waals surface area contributed by atoms with Crippen molar-refractivity contribution in [1.82, 2.24) is 9.97 Å². The summed E-state index contributed by atoms with van der Waals surface area (Å²) in [6.45, 7) is 4.25. The van der Waals surface area contributed by atoms with Crippen molar-refractivity contribution < 1.29 is 9.90 Å². The summed E-state index contributed by atoms with van der Waals surface area (Å²) >= 11 is 0. The standard InChI is InChI=1S/C23H20N2O2/c1-14-4-3-5-19(15(14)2)18-11-20-21(13-25-23(20)24-12-18)17-8-6-16(7-9-17)10-22(26)27/h3-9,11-13H,10H2,1-2H3,(H,24,25)(H,26,27). The normalized spacial score (nSPS) is 11.0. The van der Waals surface area contributed by atoms with E-state index in [-0.39, 0.29) is 6.42 Å².